The summed E-state index contributed by atoms with van der Waals surface area (Å²) >= 11 is 5.75. The average molecular weight is 303 g/mol. The molecule has 1 aromatic carbocycles. The number of pyridine rings is 1. The van der Waals surface area contributed by atoms with Crippen LogP contribution in [0.2, 0.25) is 0 Å². The molecule has 21 heavy (non-hydrogen) atoms. The summed E-state index contributed by atoms with van der Waals surface area (Å²) in [7, 11) is 0. The smallest absolute Gasteiger partial charge is 0.130 e. The highest BCUT2D eigenvalue weighted by Crippen LogP contribution is 2.23. The number of rotatable bonds is 5. The fraction of sp³-hybridized carbons (Fsp3) is 0.389. The summed E-state index contributed by atoms with van der Waals surface area (Å²) in [6.07, 6.45) is 3.96. The second-order valence-corrected chi connectivity index (χ2v) is 6.68. The van der Waals surface area contributed by atoms with E-state index in [1.54, 1.807) is 0 Å². The van der Waals surface area contributed by atoms with Gasteiger partial charge in [-0.15, -0.1) is 11.6 Å². The van der Waals surface area contributed by atoms with Crippen molar-refractivity contribution >= 4 is 23.1 Å². The van der Waals surface area contributed by atoms with Gasteiger partial charge in [0, 0.05) is 17.8 Å². The van der Waals surface area contributed by atoms with Crippen LogP contribution in [0.25, 0.3) is 0 Å². The Morgan fingerprint density at radius 3 is 2.57 bits per heavy atom. The van der Waals surface area contributed by atoms with E-state index in [4.69, 9.17) is 11.6 Å². The topological polar surface area (TPSA) is 24.9 Å². The van der Waals surface area contributed by atoms with Crippen molar-refractivity contribution in [2.45, 2.75) is 39.0 Å². The molecule has 0 amide bonds. The number of hydrogen-bond acceptors (Lipinski definition) is 2. The van der Waals surface area contributed by atoms with Crippen molar-refractivity contribution in [2.24, 2.45) is 0 Å². The van der Waals surface area contributed by atoms with Crippen molar-refractivity contribution in [3.8, 4) is 0 Å². The molecule has 0 saturated heterocycles. The first-order valence-electron chi connectivity index (χ1n) is 7.37. The number of nitrogens with zero attached hydrogens (tertiary/aromatic N) is 1. The Labute approximate surface area is 132 Å². The molecular weight excluding hydrogens is 280 g/mol. The van der Waals surface area contributed by atoms with Crippen molar-refractivity contribution < 1.29 is 0 Å². The molecule has 0 saturated carbocycles. The highest BCUT2D eigenvalue weighted by atomic mass is 35.5. The summed E-state index contributed by atoms with van der Waals surface area (Å²) < 4.78 is 0. The normalized spacial score (nSPS) is 11.4. The quantitative estimate of drug-likeness (QED) is 0.759. The number of benzene rings is 1. The molecule has 0 aliphatic rings. The molecule has 2 nitrogen and oxygen atoms in total. The minimum Gasteiger partial charge on any atom is -0.340 e. The molecule has 1 N–H and O–H groups in total. The van der Waals surface area contributed by atoms with Crippen molar-refractivity contribution in [3.05, 3.63) is 53.7 Å². The molecule has 0 fully saturated rings. The van der Waals surface area contributed by atoms with Crippen LogP contribution in [0.5, 0.6) is 0 Å². The molecular formula is C18H23ClN2. The van der Waals surface area contributed by atoms with Crippen molar-refractivity contribution in [2.75, 3.05) is 11.2 Å². The number of nitrogens with one attached hydrogen (secondary N) is 1. The van der Waals surface area contributed by atoms with Crippen LogP contribution in [0.4, 0.5) is 11.5 Å². The van der Waals surface area contributed by atoms with Gasteiger partial charge in [-0.05, 0) is 47.6 Å². The highest BCUT2D eigenvalue weighted by Gasteiger charge is 2.13. The van der Waals surface area contributed by atoms with E-state index in [0.29, 0.717) is 5.88 Å². The van der Waals surface area contributed by atoms with Gasteiger partial charge in [-0.3, -0.25) is 0 Å². The Morgan fingerprint density at radius 2 is 1.95 bits per heavy atom. The summed E-state index contributed by atoms with van der Waals surface area (Å²) in [6.45, 7) is 6.58. The van der Waals surface area contributed by atoms with Gasteiger partial charge in [0.25, 0.3) is 0 Å². The third-order valence-electron chi connectivity index (χ3n) is 3.43. The molecule has 112 valence electrons. The number of halogens is 1. The number of hydrogen-bond donors (Lipinski definition) is 1. The average Bonchev–Trinajstić information content (AvgIpc) is 2.45. The van der Waals surface area contributed by atoms with Gasteiger partial charge in [-0.1, -0.05) is 39.0 Å². The van der Waals surface area contributed by atoms with Crippen LogP contribution in [0.3, 0.4) is 0 Å². The minimum atomic E-state index is 0.132. The molecule has 0 aliphatic carbocycles. The maximum absolute atomic E-state index is 5.75. The number of aryl methyl sites for hydroxylation is 1. The van der Waals surface area contributed by atoms with Gasteiger partial charge >= 0.3 is 0 Å². The first-order chi connectivity index (χ1) is 9.99. The summed E-state index contributed by atoms with van der Waals surface area (Å²) in [5, 5.41) is 3.36. The summed E-state index contributed by atoms with van der Waals surface area (Å²) in [4.78, 5) is 4.50. The van der Waals surface area contributed by atoms with Gasteiger partial charge < -0.3 is 5.32 Å². The maximum Gasteiger partial charge on any atom is 0.130 e. The first kappa shape index (κ1) is 15.8. The van der Waals surface area contributed by atoms with E-state index >= 15 is 0 Å². The predicted octanol–water partition coefficient (Wildman–Crippen LogP) is 5.29. The summed E-state index contributed by atoms with van der Waals surface area (Å²) in [5.74, 6) is 1.57. The molecule has 2 rings (SSSR count). The highest BCUT2D eigenvalue weighted by molar-refractivity contribution is 6.17. The molecule has 1 aromatic heterocycles. The third-order valence-corrected chi connectivity index (χ3v) is 3.70. The van der Waals surface area contributed by atoms with Crippen LogP contribution in [0.1, 0.15) is 38.3 Å². The molecule has 0 unspecified atom stereocenters. The van der Waals surface area contributed by atoms with Crippen LogP contribution >= 0.6 is 11.6 Å². The Balaban J connectivity index is 2.07. The van der Waals surface area contributed by atoms with Gasteiger partial charge in [-0.2, -0.15) is 0 Å². The molecule has 3 heteroatoms. The second kappa shape index (κ2) is 6.95. The van der Waals surface area contributed by atoms with Gasteiger partial charge in [-0.25, -0.2) is 4.98 Å². The van der Waals surface area contributed by atoms with E-state index < -0.39 is 0 Å². The Hall–Kier alpha value is -1.54. The van der Waals surface area contributed by atoms with Crippen molar-refractivity contribution in [1.82, 2.24) is 4.98 Å². The Bertz CT molecular complexity index is 571. The largest absolute Gasteiger partial charge is 0.340 e. The van der Waals surface area contributed by atoms with E-state index in [9.17, 15) is 0 Å². The molecule has 0 aliphatic heterocycles. The lowest BCUT2D eigenvalue weighted by Gasteiger charge is -2.18. The van der Waals surface area contributed by atoms with E-state index in [1.165, 1.54) is 11.1 Å². The zero-order valence-electron chi connectivity index (χ0n) is 13.0. The lowest BCUT2D eigenvalue weighted by Crippen LogP contribution is -2.11. The number of anilines is 2. The fourth-order valence-electron chi connectivity index (χ4n) is 2.13. The van der Waals surface area contributed by atoms with Crippen LogP contribution in [-0.4, -0.2) is 10.9 Å². The monoisotopic (exact) mass is 302 g/mol. The zero-order valence-corrected chi connectivity index (χ0v) is 13.7. The minimum absolute atomic E-state index is 0.132. The second-order valence-electron chi connectivity index (χ2n) is 6.30. The number of alkyl halides is 1. The number of aromatic nitrogens is 1. The van der Waals surface area contributed by atoms with Gasteiger partial charge in [0.1, 0.15) is 5.82 Å². The van der Waals surface area contributed by atoms with Gasteiger partial charge in [0.05, 0.1) is 0 Å². The predicted molar refractivity (Wildman–Crippen MR) is 91.7 cm³/mol. The lowest BCUT2D eigenvalue weighted by atomic mass is 9.88. The van der Waals surface area contributed by atoms with E-state index in [0.717, 1.165) is 24.3 Å². The van der Waals surface area contributed by atoms with Gasteiger partial charge in [0.15, 0.2) is 0 Å². The summed E-state index contributed by atoms with van der Waals surface area (Å²) in [5.41, 5.74) is 3.74. The van der Waals surface area contributed by atoms with Crippen LogP contribution in [0.15, 0.2) is 42.6 Å². The van der Waals surface area contributed by atoms with E-state index in [2.05, 4.69) is 61.4 Å². The summed E-state index contributed by atoms with van der Waals surface area (Å²) in [6, 6.07) is 12.6. The zero-order chi connectivity index (χ0) is 15.3. The van der Waals surface area contributed by atoms with E-state index in [-0.39, 0.29) is 5.41 Å². The fourth-order valence-corrected chi connectivity index (χ4v) is 2.27. The molecule has 1 heterocycles. The molecule has 2 aromatic rings. The van der Waals surface area contributed by atoms with Crippen LogP contribution < -0.4 is 5.32 Å². The maximum atomic E-state index is 5.75. The molecule has 0 radical (unpaired) electrons. The Kier molecular flexibility index (Phi) is 5.24. The van der Waals surface area contributed by atoms with E-state index in [1.807, 2.05) is 12.3 Å². The van der Waals surface area contributed by atoms with Crippen LogP contribution in [0, 0.1) is 0 Å². The Morgan fingerprint density at radius 1 is 1.14 bits per heavy atom. The lowest BCUT2D eigenvalue weighted by molar-refractivity contribution is 0.587. The molecule has 0 atom stereocenters. The van der Waals surface area contributed by atoms with Crippen LogP contribution in [-0.2, 0) is 11.8 Å². The SMILES string of the molecule is CC(C)(C)c1ccc(Nc2cccc(CCCCl)c2)nc1. The third kappa shape index (κ3) is 4.75. The standard InChI is InChI=1S/C18H23ClN2/c1-18(2,3)15-9-10-17(20-13-15)21-16-8-4-6-14(12-16)7-5-11-19/h4,6,8-10,12-13H,5,7,11H2,1-3H3,(H,20,21). The molecule has 0 bridgehead atoms. The molecule has 0 spiro atoms. The first-order valence-corrected chi connectivity index (χ1v) is 7.91. The van der Waals surface area contributed by atoms with Crippen molar-refractivity contribution in [1.29, 1.82) is 0 Å². The van der Waals surface area contributed by atoms with Crippen molar-refractivity contribution in [3.63, 3.8) is 0 Å². The van der Waals surface area contributed by atoms with Gasteiger partial charge in [0.2, 0.25) is 0 Å².